The molecule has 6 amide bonds. The van der Waals surface area contributed by atoms with Gasteiger partial charge < -0.3 is 55.8 Å². The molecule has 4 aliphatic rings. The number of ketones is 1. The number of pyridine rings is 2. The van der Waals surface area contributed by atoms with Crippen molar-refractivity contribution >= 4 is 58.1 Å². The summed E-state index contributed by atoms with van der Waals surface area (Å²) in [5.74, 6) is -3.48. The predicted molar refractivity (Wildman–Crippen MR) is 258 cm³/mol. The lowest BCUT2D eigenvalue weighted by Crippen LogP contribution is -2.55. The lowest BCUT2D eigenvalue weighted by Gasteiger charge is -2.32. The molecule has 7 N–H and O–H groups in total. The number of nitrogens with two attached hydrogens (primary N) is 1. The van der Waals surface area contributed by atoms with E-state index in [-0.39, 0.29) is 127 Å². The van der Waals surface area contributed by atoms with Gasteiger partial charge in [0.25, 0.3) is 17.4 Å². The van der Waals surface area contributed by atoms with E-state index in [1.54, 1.807) is 39.0 Å². The molecule has 23 heteroatoms. The molecule has 1 unspecified atom stereocenters. The molecule has 0 saturated heterocycles. The number of esters is 1. The van der Waals surface area contributed by atoms with Crippen LogP contribution in [-0.4, -0.2) is 138 Å². The number of cyclic esters (lactones) is 1. The molecule has 0 aliphatic carbocycles. The fourth-order valence-corrected chi connectivity index (χ4v) is 9.03. The molecule has 0 saturated carbocycles. The number of unbranched alkanes of at least 4 members (excludes halogenated alkanes) is 1. The summed E-state index contributed by atoms with van der Waals surface area (Å²) in [5, 5.41) is 22.9. The van der Waals surface area contributed by atoms with E-state index >= 15 is 0 Å². The van der Waals surface area contributed by atoms with E-state index in [9.17, 15) is 48.3 Å². The van der Waals surface area contributed by atoms with Crippen molar-refractivity contribution in [3.8, 4) is 22.9 Å². The number of hydrogen-bond acceptors (Lipinski definition) is 17. The van der Waals surface area contributed by atoms with E-state index in [4.69, 9.17) is 34.4 Å². The Morgan fingerprint density at radius 1 is 0.863 bits per heavy atom. The Balaban J connectivity index is 0.900. The molecule has 6 heterocycles. The highest BCUT2D eigenvalue weighted by atomic mass is 16.7. The first-order valence-corrected chi connectivity index (χ1v) is 24.5. The van der Waals surface area contributed by atoms with E-state index in [1.165, 1.54) is 4.57 Å². The number of carbonyl (C=O) groups is 8. The summed E-state index contributed by atoms with van der Waals surface area (Å²) < 4.78 is 28.9. The Kier molecular flexibility index (Phi) is 17.7. The van der Waals surface area contributed by atoms with Crippen LogP contribution in [0.5, 0.6) is 11.5 Å². The molecule has 0 spiro atoms. The minimum Gasteiger partial charge on any atom is -0.458 e. The molecular weight excluding hydrogens is 953 g/mol. The average Bonchev–Trinajstić information content (AvgIpc) is 4.05. The van der Waals surface area contributed by atoms with E-state index in [0.717, 1.165) is 17.1 Å². The Bertz CT molecular complexity index is 2720. The molecule has 2 aromatic heterocycles. The monoisotopic (exact) mass is 1010 g/mol. The standard InChI is InChI=1S/C50H62N8O15/c1-4-50(68)33-23-37-45-31(21-29-22-38-39(73-27-72-38)24-35(29)54-45)36(58(37)48(66)32(33)26-71-49(50)67)9-8-30(59)25-53-46(64)34(7-5-6-14-51)55-47(65)44(28(2)3)56-41(61)13-17-69-19-20-70-18-15-52-40(60)12-16-57-42(62)10-11-43(57)63/h10-11,21-24,28,34,36,44,68H,4-9,12-20,25-27,51H2,1-3H3,(H,52,60)(H,53,64)(H,55,65)(H,56,61)/t34-,36?,44-,50-/m0/s1. The Morgan fingerprint density at radius 2 is 1.59 bits per heavy atom. The van der Waals surface area contributed by atoms with Crippen molar-refractivity contribution in [3.63, 3.8) is 0 Å². The van der Waals surface area contributed by atoms with Crippen LogP contribution in [0.4, 0.5) is 0 Å². The van der Waals surface area contributed by atoms with Crippen LogP contribution in [-0.2, 0) is 64.8 Å². The number of rotatable bonds is 27. The van der Waals surface area contributed by atoms with Crippen molar-refractivity contribution in [2.45, 2.75) is 102 Å². The predicted octanol–water partition coefficient (Wildman–Crippen LogP) is 0.424. The van der Waals surface area contributed by atoms with Crippen molar-refractivity contribution in [1.29, 1.82) is 0 Å². The summed E-state index contributed by atoms with van der Waals surface area (Å²) in [6.07, 6.45) is 3.45. The van der Waals surface area contributed by atoms with Crippen LogP contribution in [0.15, 0.2) is 41.2 Å². The molecular formula is C50H62N8O15. The van der Waals surface area contributed by atoms with Gasteiger partial charge in [-0.1, -0.05) is 20.8 Å². The van der Waals surface area contributed by atoms with Gasteiger partial charge in [-0.15, -0.1) is 0 Å². The molecule has 4 atom stereocenters. The van der Waals surface area contributed by atoms with Gasteiger partial charge in [-0.2, -0.15) is 0 Å². The number of nitrogens with zero attached hydrogens (tertiary/aromatic N) is 3. The van der Waals surface area contributed by atoms with Crippen LogP contribution in [0.2, 0.25) is 0 Å². The van der Waals surface area contributed by atoms with Crippen molar-refractivity contribution in [2.75, 3.05) is 59.4 Å². The molecule has 0 bridgehead atoms. The van der Waals surface area contributed by atoms with E-state index in [0.29, 0.717) is 58.7 Å². The van der Waals surface area contributed by atoms with Gasteiger partial charge in [0.15, 0.2) is 22.9 Å². The maximum absolute atomic E-state index is 14.4. The van der Waals surface area contributed by atoms with Gasteiger partial charge in [0, 0.05) is 67.1 Å². The molecule has 0 fully saturated rings. The molecule has 73 heavy (non-hydrogen) atoms. The SMILES string of the molecule is CC[C@@]1(O)C(=O)OCc2c1cc1n(c2=O)C(CCC(=O)CNC(=O)[C@H](CCCCN)NC(=O)[C@@H](NC(=O)CCOCCOCCNC(=O)CCN2C(=O)C=CC2=O)C(C)C)c2cc3cc4c(cc3nc2-1)OCO4. The highest BCUT2D eigenvalue weighted by molar-refractivity contribution is 6.13. The average molecular weight is 1020 g/mol. The van der Waals surface area contributed by atoms with Crippen LogP contribution >= 0.6 is 0 Å². The van der Waals surface area contributed by atoms with Gasteiger partial charge in [0.05, 0.1) is 61.5 Å². The number of carbonyl (C=O) groups excluding carboxylic acids is 8. The number of fused-ring (bicyclic) bond motifs is 6. The number of aliphatic hydroxyl groups is 1. The first-order valence-electron chi connectivity index (χ1n) is 24.5. The lowest BCUT2D eigenvalue weighted by atomic mass is 9.86. The van der Waals surface area contributed by atoms with E-state index in [2.05, 4.69) is 21.3 Å². The first-order chi connectivity index (χ1) is 35.0. The van der Waals surface area contributed by atoms with Crippen molar-refractivity contribution in [2.24, 2.45) is 11.7 Å². The third-order valence-electron chi connectivity index (χ3n) is 13.1. The lowest BCUT2D eigenvalue weighted by molar-refractivity contribution is -0.172. The summed E-state index contributed by atoms with van der Waals surface area (Å²) in [6, 6.07) is 4.20. The number of ether oxygens (including phenoxy) is 5. The zero-order valence-electron chi connectivity index (χ0n) is 41.1. The number of Topliss-reactive ketones (excluding diaryl/α,β-unsaturated/α-hetero) is 1. The third-order valence-corrected chi connectivity index (χ3v) is 13.1. The number of benzene rings is 1. The summed E-state index contributed by atoms with van der Waals surface area (Å²) >= 11 is 0. The smallest absolute Gasteiger partial charge is 0.343 e. The molecule has 1 aromatic carbocycles. The van der Waals surface area contributed by atoms with Gasteiger partial charge in [0.1, 0.15) is 18.7 Å². The van der Waals surface area contributed by atoms with E-state index in [1.807, 2.05) is 6.07 Å². The van der Waals surface area contributed by atoms with Gasteiger partial charge in [-0.3, -0.25) is 47.8 Å². The summed E-state index contributed by atoms with van der Waals surface area (Å²) in [5.41, 5.74) is 5.40. The Morgan fingerprint density at radius 3 is 2.30 bits per heavy atom. The normalized spacial score (nSPS) is 18.0. The van der Waals surface area contributed by atoms with Gasteiger partial charge in [0.2, 0.25) is 30.4 Å². The second-order valence-electron chi connectivity index (χ2n) is 18.4. The zero-order chi connectivity index (χ0) is 52.4. The molecule has 392 valence electrons. The van der Waals surface area contributed by atoms with Crippen molar-refractivity contribution < 1.29 is 67.1 Å². The first kappa shape index (κ1) is 53.7. The van der Waals surface area contributed by atoms with E-state index < -0.39 is 64.8 Å². The fourth-order valence-electron chi connectivity index (χ4n) is 9.03. The largest absolute Gasteiger partial charge is 0.458 e. The minimum atomic E-state index is -2.05. The highest BCUT2D eigenvalue weighted by Gasteiger charge is 2.46. The Hall–Kier alpha value is -7.08. The zero-order valence-corrected chi connectivity index (χ0v) is 41.1. The molecule has 4 aliphatic heterocycles. The number of imide groups is 1. The van der Waals surface area contributed by atoms with Gasteiger partial charge in [-0.25, -0.2) is 9.78 Å². The maximum atomic E-state index is 14.4. The van der Waals surface area contributed by atoms with Crippen LogP contribution < -0.4 is 42.0 Å². The van der Waals surface area contributed by atoms with Gasteiger partial charge >= 0.3 is 5.97 Å². The second-order valence-corrected chi connectivity index (χ2v) is 18.4. The maximum Gasteiger partial charge on any atom is 0.343 e. The summed E-state index contributed by atoms with van der Waals surface area (Å²) in [7, 11) is 0. The third kappa shape index (κ3) is 12.4. The number of amides is 6. The van der Waals surface area contributed by atoms with Gasteiger partial charge in [-0.05, 0) is 62.8 Å². The quantitative estimate of drug-likeness (QED) is 0.0343. The van der Waals surface area contributed by atoms with Crippen LogP contribution in [0.1, 0.15) is 94.9 Å². The summed E-state index contributed by atoms with van der Waals surface area (Å²) in [4.78, 5) is 122. The van der Waals surface area contributed by atoms with Crippen LogP contribution in [0, 0.1) is 5.92 Å². The fraction of sp³-hybridized carbons (Fsp3) is 0.520. The number of hydrogen-bond donors (Lipinski definition) is 6. The molecule has 23 nitrogen and oxygen atoms in total. The number of nitrogens with one attached hydrogen (secondary N) is 4. The summed E-state index contributed by atoms with van der Waals surface area (Å²) in [6.45, 7) is 5.50. The Labute approximate surface area is 419 Å². The highest BCUT2D eigenvalue weighted by Crippen LogP contribution is 2.45. The molecule has 0 radical (unpaired) electrons. The van der Waals surface area contributed by atoms with Crippen molar-refractivity contribution in [1.82, 2.24) is 35.7 Å². The number of aromatic nitrogens is 2. The molecule has 7 rings (SSSR count). The van der Waals surface area contributed by atoms with Crippen molar-refractivity contribution in [3.05, 3.63) is 63.5 Å². The second kappa shape index (κ2) is 24.1. The van der Waals surface area contributed by atoms with Crippen LogP contribution in [0.25, 0.3) is 22.3 Å². The molecule has 3 aromatic rings. The minimum absolute atomic E-state index is 0.0193. The van der Waals surface area contributed by atoms with Crippen LogP contribution in [0.3, 0.4) is 0 Å². The topological polar surface area (TPSA) is 315 Å².